The van der Waals surface area contributed by atoms with Crippen LogP contribution in [-0.2, 0) is 20.7 Å². The van der Waals surface area contributed by atoms with Gasteiger partial charge in [0.15, 0.2) is 0 Å². The van der Waals surface area contributed by atoms with Gasteiger partial charge < -0.3 is 20.7 Å². The van der Waals surface area contributed by atoms with Crippen molar-refractivity contribution in [1.29, 1.82) is 0 Å². The normalized spacial score (nSPS) is 12.0. The molecule has 0 fully saturated rings. The van der Waals surface area contributed by atoms with Crippen molar-refractivity contribution in [3.05, 3.63) is 35.9 Å². The van der Waals surface area contributed by atoms with E-state index in [9.17, 15) is 14.4 Å². The number of carbonyl (C=O) groups is 3. The predicted octanol–water partition coefficient (Wildman–Crippen LogP) is 0.985. The van der Waals surface area contributed by atoms with E-state index < -0.39 is 23.6 Å². The number of amides is 3. The summed E-state index contributed by atoms with van der Waals surface area (Å²) in [5.41, 5.74) is 0.216. The lowest BCUT2D eigenvalue weighted by Gasteiger charge is -2.23. The first-order valence-electron chi connectivity index (χ1n) is 7.73. The van der Waals surface area contributed by atoms with Crippen LogP contribution in [0.1, 0.15) is 26.3 Å². The van der Waals surface area contributed by atoms with Crippen molar-refractivity contribution in [3.63, 3.8) is 0 Å². The molecular formula is C17H25N3O4. The molecule has 1 rings (SSSR count). The summed E-state index contributed by atoms with van der Waals surface area (Å²) in [4.78, 5) is 35.5. The van der Waals surface area contributed by atoms with Crippen LogP contribution in [0.3, 0.4) is 0 Å². The van der Waals surface area contributed by atoms with Gasteiger partial charge in [0.25, 0.3) is 0 Å². The quantitative estimate of drug-likeness (QED) is 0.722. The van der Waals surface area contributed by atoms with Gasteiger partial charge in [-0.1, -0.05) is 30.3 Å². The Morgan fingerprint density at radius 3 is 2.29 bits per heavy atom. The number of nitrogens with one attached hydrogen (secondary N) is 3. The van der Waals surface area contributed by atoms with Crippen LogP contribution in [0.25, 0.3) is 0 Å². The SMILES string of the molecule is CNC(=O)CNC(=O)[C@H](Cc1ccccc1)NC(=O)OC(C)(C)C. The van der Waals surface area contributed by atoms with Gasteiger partial charge in [0.05, 0.1) is 6.54 Å². The number of hydrogen-bond donors (Lipinski definition) is 3. The number of carbonyl (C=O) groups excluding carboxylic acids is 3. The van der Waals surface area contributed by atoms with Crippen molar-refractivity contribution in [3.8, 4) is 0 Å². The molecule has 0 bridgehead atoms. The Kier molecular flexibility index (Phi) is 7.23. The lowest BCUT2D eigenvalue weighted by molar-refractivity contribution is -0.127. The van der Waals surface area contributed by atoms with Gasteiger partial charge in [-0.05, 0) is 26.3 Å². The van der Waals surface area contributed by atoms with E-state index in [0.717, 1.165) is 5.56 Å². The van der Waals surface area contributed by atoms with Crippen LogP contribution < -0.4 is 16.0 Å². The summed E-state index contributed by atoms with van der Waals surface area (Å²) in [5.74, 6) is -0.771. The fourth-order valence-corrected chi connectivity index (χ4v) is 1.89. The molecule has 0 aliphatic rings. The highest BCUT2D eigenvalue weighted by Crippen LogP contribution is 2.08. The Bertz CT molecular complexity index is 567. The number of hydrogen-bond acceptors (Lipinski definition) is 4. The van der Waals surface area contributed by atoms with Gasteiger partial charge in [0.2, 0.25) is 11.8 Å². The average Bonchev–Trinajstić information content (AvgIpc) is 2.50. The summed E-state index contributed by atoms with van der Waals surface area (Å²) >= 11 is 0. The second kappa shape index (κ2) is 8.90. The van der Waals surface area contributed by atoms with Crippen molar-refractivity contribution < 1.29 is 19.1 Å². The second-order valence-electron chi connectivity index (χ2n) is 6.28. The average molecular weight is 335 g/mol. The van der Waals surface area contributed by atoms with Crippen LogP contribution >= 0.6 is 0 Å². The summed E-state index contributed by atoms with van der Waals surface area (Å²) < 4.78 is 5.19. The highest BCUT2D eigenvalue weighted by molar-refractivity contribution is 5.89. The minimum atomic E-state index is -0.841. The molecule has 24 heavy (non-hydrogen) atoms. The first kappa shape index (κ1) is 19.5. The first-order chi connectivity index (χ1) is 11.2. The van der Waals surface area contributed by atoms with E-state index in [1.165, 1.54) is 7.05 Å². The molecule has 0 saturated carbocycles. The second-order valence-corrected chi connectivity index (χ2v) is 6.28. The molecule has 0 unspecified atom stereocenters. The standard InChI is InChI=1S/C17H25N3O4/c1-17(2,3)24-16(23)20-13(10-12-8-6-5-7-9-12)15(22)19-11-14(21)18-4/h5-9,13H,10-11H2,1-4H3,(H,18,21)(H,19,22)(H,20,23)/t13-/m0/s1. The molecule has 0 radical (unpaired) electrons. The van der Waals surface area contributed by atoms with E-state index in [1.807, 2.05) is 30.3 Å². The maximum absolute atomic E-state index is 12.3. The largest absolute Gasteiger partial charge is 0.444 e. The Morgan fingerprint density at radius 1 is 1.12 bits per heavy atom. The Labute approximate surface area is 142 Å². The molecule has 0 aromatic heterocycles. The molecule has 132 valence electrons. The molecule has 3 amide bonds. The van der Waals surface area contributed by atoms with E-state index in [0.29, 0.717) is 6.42 Å². The van der Waals surface area contributed by atoms with Crippen LogP contribution in [0.5, 0.6) is 0 Å². The lowest BCUT2D eigenvalue weighted by atomic mass is 10.1. The number of ether oxygens (including phenoxy) is 1. The zero-order chi connectivity index (χ0) is 18.2. The van der Waals surface area contributed by atoms with Crippen molar-refractivity contribution in [2.24, 2.45) is 0 Å². The Hall–Kier alpha value is -2.57. The van der Waals surface area contributed by atoms with Gasteiger partial charge in [-0.2, -0.15) is 0 Å². The van der Waals surface area contributed by atoms with Crippen molar-refractivity contribution >= 4 is 17.9 Å². The van der Waals surface area contributed by atoms with E-state index in [1.54, 1.807) is 20.8 Å². The third kappa shape index (κ3) is 7.62. The summed E-state index contributed by atoms with van der Waals surface area (Å²) in [7, 11) is 1.48. The van der Waals surface area contributed by atoms with Gasteiger partial charge in [-0.25, -0.2) is 4.79 Å². The van der Waals surface area contributed by atoms with Gasteiger partial charge >= 0.3 is 6.09 Å². The molecule has 1 aromatic carbocycles. The molecule has 0 saturated heterocycles. The highest BCUT2D eigenvalue weighted by Gasteiger charge is 2.24. The molecule has 1 aromatic rings. The first-order valence-corrected chi connectivity index (χ1v) is 7.73. The number of benzene rings is 1. The van der Waals surface area contributed by atoms with Gasteiger partial charge in [-0.3, -0.25) is 9.59 Å². The lowest BCUT2D eigenvalue weighted by Crippen LogP contribution is -2.50. The van der Waals surface area contributed by atoms with Crippen LogP contribution in [0.4, 0.5) is 4.79 Å². The monoisotopic (exact) mass is 335 g/mol. The Balaban J connectivity index is 2.76. The Morgan fingerprint density at radius 2 is 1.75 bits per heavy atom. The fraction of sp³-hybridized carbons (Fsp3) is 0.471. The topological polar surface area (TPSA) is 96.5 Å². The molecule has 1 atom stereocenters. The zero-order valence-electron chi connectivity index (χ0n) is 14.5. The van der Waals surface area contributed by atoms with Crippen molar-refractivity contribution in [1.82, 2.24) is 16.0 Å². The molecule has 7 heteroatoms. The smallest absolute Gasteiger partial charge is 0.408 e. The number of alkyl carbamates (subject to hydrolysis) is 1. The van der Waals surface area contributed by atoms with Gasteiger partial charge in [0, 0.05) is 13.5 Å². The molecule has 7 nitrogen and oxygen atoms in total. The van der Waals surface area contributed by atoms with E-state index >= 15 is 0 Å². The maximum Gasteiger partial charge on any atom is 0.408 e. The van der Waals surface area contributed by atoms with Crippen molar-refractivity contribution in [2.45, 2.75) is 38.8 Å². The van der Waals surface area contributed by atoms with E-state index in [-0.39, 0.29) is 12.5 Å². The molecular weight excluding hydrogens is 310 g/mol. The third-order valence-electron chi connectivity index (χ3n) is 2.99. The summed E-state index contributed by atoms with van der Waals surface area (Å²) in [6.45, 7) is 5.07. The minimum absolute atomic E-state index is 0.156. The van der Waals surface area contributed by atoms with Gasteiger partial charge in [0.1, 0.15) is 11.6 Å². The molecule has 0 heterocycles. The molecule has 0 aliphatic carbocycles. The molecule has 3 N–H and O–H groups in total. The minimum Gasteiger partial charge on any atom is -0.444 e. The van der Waals surface area contributed by atoms with E-state index in [4.69, 9.17) is 4.74 Å². The fourth-order valence-electron chi connectivity index (χ4n) is 1.89. The summed E-state index contributed by atoms with van der Waals surface area (Å²) in [5, 5.41) is 7.47. The molecule has 0 aliphatic heterocycles. The number of rotatable bonds is 6. The van der Waals surface area contributed by atoms with Crippen LogP contribution in [-0.4, -0.2) is 43.1 Å². The van der Waals surface area contributed by atoms with Crippen LogP contribution in [0, 0.1) is 0 Å². The zero-order valence-corrected chi connectivity index (χ0v) is 14.5. The third-order valence-corrected chi connectivity index (χ3v) is 2.99. The highest BCUT2D eigenvalue weighted by atomic mass is 16.6. The van der Waals surface area contributed by atoms with E-state index in [2.05, 4.69) is 16.0 Å². The van der Waals surface area contributed by atoms with Crippen LogP contribution in [0.2, 0.25) is 0 Å². The van der Waals surface area contributed by atoms with Crippen LogP contribution in [0.15, 0.2) is 30.3 Å². The summed E-state index contributed by atoms with van der Waals surface area (Å²) in [6, 6.07) is 8.44. The summed E-state index contributed by atoms with van der Waals surface area (Å²) in [6.07, 6.45) is -0.391. The predicted molar refractivity (Wildman–Crippen MR) is 90.4 cm³/mol. The van der Waals surface area contributed by atoms with Gasteiger partial charge in [-0.15, -0.1) is 0 Å². The number of likely N-dealkylation sites (N-methyl/N-ethyl adjacent to an activating group) is 1. The van der Waals surface area contributed by atoms with Crippen molar-refractivity contribution in [2.75, 3.05) is 13.6 Å². The maximum atomic E-state index is 12.3. The molecule has 0 spiro atoms.